The van der Waals surface area contributed by atoms with Gasteiger partial charge in [0.05, 0.1) is 12.7 Å². The molecule has 0 aromatic rings. The van der Waals surface area contributed by atoms with Crippen LogP contribution in [0.2, 0.25) is 0 Å². The summed E-state index contributed by atoms with van der Waals surface area (Å²) in [7, 11) is 2.05. The number of amides is 2. The van der Waals surface area contributed by atoms with Gasteiger partial charge < -0.3 is 19.9 Å². The van der Waals surface area contributed by atoms with Crippen LogP contribution in [0.5, 0.6) is 0 Å². The number of carbonyl (C=O) groups excluding carboxylic acids is 2. The molecule has 3 unspecified atom stereocenters. The van der Waals surface area contributed by atoms with Crippen molar-refractivity contribution in [3.8, 4) is 0 Å². The van der Waals surface area contributed by atoms with E-state index in [1.54, 1.807) is 11.8 Å². The van der Waals surface area contributed by atoms with E-state index in [2.05, 4.69) is 10.2 Å². The maximum atomic E-state index is 12.8. The molecule has 2 fully saturated rings. The molecule has 0 bridgehead atoms. The summed E-state index contributed by atoms with van der Waals surface area (Å²) in [6.45, 7) is 8.54. The predicted molar refractivity (Wildman–Crippen MR) is 79.9 cm³/mol. The average molecular weight is 297 g/mol. The third-order valence-corrected chi connectivity index (χ3v) is 4.65. The summed E-state index contributed by atoms with van der Waals surface area (Å²) in [5, 5.41) is 2.89. The standard InChI is InChI=1S/C15H27N3O3/c1-5-12-13(19)16-15(3,6-2)14(20)18(12)10-11-9-17(4)7-8-21-11/h11-12H,5-10H2,1-4H3,(H,16,19). The molecular weight excluding hydrogens is 270 g/mol. The van der Waals surface area contributed by atoms with Crippen LogP contribution in [0.3, 0.4) is 0 Å². The van der Waals surface area contributed by atoms with Crippen molar-refractivity contribution in [1.29, 1.82) is 0 Å². The summed E-state index contributed by atoms with van der Waals surface area (Å²) in [6.07, 6.45) is 1.20. The summed E-state index contributed by atoms with van der Waals surface area (Å²) in [6, 6.07) is -0.382. The lowest BCUT2D eigenvalue weighted by molar-refractivity contribution is -0.158. The van der Waals surface area contributed by atoms with Gasteiger partial charge >= 0.3 is 0 Å². The molecule has 0 saturated carbocycles. The van der Waals surface area contributed by atoms with Crippen molar-refractivity contribution < 1.29 is 14.3 Å². The molecule has 0 spiro atoms. The Morgan fingerprint density at radius 3 is 2.67 bits per heavy atom. The summed E-state index contributed by atoms with van der Waals surface area (Å²) < 4.78 is 5.76. The van der Waals surface area contributed by atoms with Gasteiger partial charge in [-0.25, -0.2) is 0 Å². The normalized spacial score (nSPS) is 35.0. The molecule has 21 heavy (non-hydrogen) atoms. The van der Waals surface area contributed by atoms with Crippen LogP contribution in [0.4, 0.5) is 0 Å². The third kappa shape index (κ3) is 3.21. The van der Waals surface area contributed by atoms with Crippen molar-refractivity contribution in [1.82, 2.24) is 15.1 Å². The number of carbonyl (C=O) groups is 2. The number of morpholine rings is 1. The molecule has 2 rings (SSSR count). The Balaban J connectivity index is 2.15. The highest BCUT2D eigenvalue weighted by molar-refractivity contribution is 5.99. The van der Waals surface area contributed by atoms with Gasteiger partial charge in [-0.05, 0) is 26.8 Å². The highest BCUT2D eigenvalue weighted by atomic mass is 16.5. The van der Waals surface area contributed by atoms with Crippen LogP contribution in [0.25, 0.3) is 0 Å². The first-order valence-electron chi connectivity index (χ1n) is 7.84. The monoisotopic (exact) mass is 297 g/mol. The van der Waals surface area contributed by atoms with Crippen LogP contribution in [-0.4, -0.2) is 72.6 Å². The fourth-order valence-electron chi connectivity index (χ4n) is 3.06. The van der Waals surface area contributed by atoms with Gasteiger partial charge in [0.2, 0.25) is 11.8 Å². The molecule has 1 N–H and O–H groups in total. The lowest BCUT2D eigenvalue weighted by Gasteiger charge is -2.45. The highest BCUT2D eigenvalue weighted by Gasteiger charge is 2.47. The smallest absolute Gasteiger partial charge is 0.248 e. The van der Waals surface area contributed by atoms with E-state index in [1.165, 1.54) is 0 Å². The van der Waals surface area contributed by atoms with Gasteiger partial charge in [0.15, 0.2) is 0 Å². The van der Waals surface area contributed by atoms with E-state index in [-0.39, 0.29) is 24.0 Å². The molecular formula is C15H27N3O3. The van der Waals surface area contributed by atoms with Crippen LogP contribution >= 0.6 is 0 Å². The maximum absolute atomic E-state index is 12.8. The molecule has 2 aliphatic rings. The minimum Gasteiger partial charge on any atom is -0.374 e. The van der Waals surface area contributed by atoms with E-state index in [0.29, 0.717) is 26.0 Å². The van der Waals surface area contributed by atoms with Crippen molar-refractivity contribution in [3.63, 3.8) is 0 Å². The van der Waals surface area contributed by atoms with Gasteiger partial charge in [-0.3, -0.25) is 9.59 Å². The first kappa shape index (κ1) is 16.2. The molecule has 2 heterocycles. The van der Waals surface area contributed by atoms with Crippen molar-refractivity contribution in [2.75, 3.05) is 33.3 Å². The molecule has 6 nitrogen and oxygen atoms in total. The summed E-state index contributed by atoms with van der Waals surface area (Å²) in [5.41, 5.74) is -0.788. The Hall–Kier alpha value is -1.14. The number of ether oxygens (including phenoxy) is 1. The molecule has 0 radical (unpaired) electrons. The van der Waals surface area contributed by atoms with E-state index < -0.39 is 5.54 Å². The number of nitrogens with zero attached hydrogens (tertiary/aromatic N) is 2. The topological polar surface area (TPSA) is 61.9 Å². The number of nitrogens with one attached hydrogen (secondary N) is 1. The van der Waals surface area contributed by atoms with Crippen molar-refractivity contribution in [3.05, 3.63) is 0 Å². The summed E-state index contributed by atoms with van der Waals surface area (Å²) in [4.78, 5) is 29.0. The first-order chi connectivity index (χ1) is 9.91. The van der Waals surface area contributed by atoms with E-state index in [0.717, 1.165) is 13.1 Å². The molecule has 2 saturated heterocycles. The summed E-state index contributed by atoms with van der Waals surface area (Å²) >= 11 is 0. The van der Waals surface area contributed by atoms with Crippen LogP contribution in [0.1, 0.15) is 33.6 Å². The fourth-order valence-corrected chi connectivity index (χ4v) is 3.06. The van der Waals surface area contributed by atoms with E-state index in [1.807, 2.05) is 20.9 Å². The number of likely N-dealkylation sites (N-methyl/N-ethyl adjacent to an activating group) is 1. The number of piperazine rings is 1. The lowest BCUT2D eigenvalue weighted by Crippen LogP contribution is -2.70. The van der Waals surface area contributed by atoms with Gasteiger partial charge in [-0.15, -0.1) is 0 Å². The second-order valence-corrected chi connectivity index (χ2v) is 6.31. The molecule has 0 aromatic carbocycles. The second kappa shape index (κ2) is 6.32. The molecule has 120 valence electrons. The summed E-state index contributed by atoms with van der Waals surface area (Å²) in [5.74, 6) is -0.0427. The minimum absolute atomic E-state index is 0.00766. The number of hydrogen-bond acceptors (Lipinski definition) is 4. The Morgan fingerprint density at radius 2 is 2.10 bits per heavy atom. The van der Waals surface area contributed by atoms with Gasteiger partial charge in [-0.2, -0.15) is 0 Å². The zero-order chi connectivity index (χ0) is 15.6. The lowest BCUT2D eigenvalue weighted by atomic mass is 9.91. The molecule has 3 atom stereocenters. The Morgan fingerprint density at radius 1 is 1.38 bits per heavy atom. The van der Waals surface area contributed by atoms with Crippen molar-refractivity contribution in [2.24, 2.45) is 0 Å². The zero-order valence-corrected chi connectivity index (χ0v) is 13.5. The molecule has 6 heteroatoms. The zero-order valence-electron chi connectivity index (χ0n) is 13.5. The fraction of sp³-hybridized carbons (Fsp3) is 0.867. The largest absolute Gasteiger partial charge is 0.374 e. The van der Waals surface area contributed by atoms with Crippen molar-refractivity contribution >= 4 is 11.8 Å². The molecule has 0 aliphatic carbocycles. The van der Waals surface area contributed by atoms with Crippen LogP contribution in [0, 0.1) is 0 Å². The SMILES string of the molecule is CCC1C(=O)NC(C)(CC)C(=O)N1CC1CN(C)CCO1. The maximum Gasteiger partial charge on any atom is 0.248 e. The third-order valence-electron chi connectivity index (χ3n) is 4.65. The molecule has 2 aliphatic heterocycles. The van der Waals surface area contributed by atoms with Crippen molar-refractivity contribution in [2.45, 2.75) is 51.3 Å². The van der Waals surface area contributed by atoms with E-state index >= 15 is 0 Å². The van der Waals surface area contributed by atoms with E-state index in [9.17, 15) is 9.59 Å². The van der Waals surface area contributed by atoms with Gasteiger partial charge in [-0.1, -0.05) is 13.8 Å². The van der Waals surface area contributed by atoms with Gasteiger partial charge in [0.1, 0.15) is 11.6 Å². The predicted octanol–water partition coefficient (Wildman–Crippen LogP) is 0.223. The molecule has 2 amide bonds. The van der Waals surface area contributed by atoms with Crippen LogP contribution < -0.4 is 5.32 Å². The number of hydrogen-bond donors (Lipinski definition) is 1. The molecule has 0 aromatic heterocycles. The number of rotatable bonds is 4. The van der Waals surface area contributed by atoms with Crippen LogP contribution in [0.15, 0.2) is 0 Å². The van der Waals surface area contributed by atoms with Gasteiger partial charge in [0, 0.05) is 19.6 Å². The Labute approximate surface area is 126 Å². The average Bonchev–Trinajstić information content (AvgIpc) is 2.45. The Bertz CT molecular complexity index is 415. The first-order valence-corrected chi connectivity index (χ1v) is 7.84. The minimum atomic E-state index is -0.788. The van der Waals surface area contributed by atoms with Crippen LogP contribution in [-0.2, 0) is 14.3 Å². The quantitative estimate of drug-likeness (QED) is 0.806. The Kier molecular flexibility index (Phi) is 4.88. The highest BCUT2D eigenvalue weighted by Crippen LogP contribution is 2.24. The van der Waals surface area contributed by atoms with E-state index in [4.69, 9.17) is 4.74 Å². The second-order valence-electron chi connectivity index (χ2n) is 6.31. The van der Waals surface area contributed by atoms with Gasteiger partial charge in [0.25, 0.3) is 0 Å².